The van der Waals surface area contributed by atoms with Gasteiger partial charge < -0.3 is 14.8 Å². The van der Waals surface area contributed by atoms with Gasteiger partial charge in [-0.2, -0.15) is 0 Å². The molecule has 104 valence electrons. The van der Waals surface area contributed by atoms with Gasteiger partial charge in [0.05, 0.1) is 19.5 Å². The first kappa shape index (κ1) is 13.7. The van der Waals surface area contributed by atoms with Crippen LogP contribution < -0.4 is 10.1 Å². The minimum absolute atomic E-state index is 0.0703. The molecular weight excluding hydrogens is 246 g/mol. The van der Waals surface area contributed by atoms with Crippen LogP contribution in [0.5, 0.6) is 5.88 Å². The van der Waals surface area contributed by atoms with Crippen LogP contribution in [0.4, 0.5) is 0 Å². The summed E-state index contributed by atoms with van der Waals surface area (Å²) in [6.45, 7) is 0. The van der Waals surface area contributed by atoms with Gasteiger partial charge in [0.15, 0.2) is 5.69 Å². The van der Waals surface area contributed by atoms with E-state index >= 15 is 0 Å². The van der Waals surface area contributed by atoms with E-state index in [0.29, 0.717) is 11.9 Å². The highest BCUT2D eigenvalue weighted by atomic mass is 16.5. The van der Waals surface area contributed by atoms with Crippen LogP contribution in [0.2, 0.25) is 0 Å². The van der Waals surface area contributed by atoms with Crippen molar-refractivity contribution in [3.63, 3.8) is 0 Å². The standard InChI is InChI=1S/C13H19N3O3/c1-14-9-5-3-4-6-11(9)19-12-8-15-7-10(16-12)13(17)18-2/h7-9,11,14H,3-6H2,1-2H3. The maximum Gasteiger partial charge on any atom is 0.358 e. The number of methoxy groups -OCH3 is 1. The van der Waals surface area contributed by atoms with E-state index in [2.05, 4.69) is 20.0 Å². The molecule has 0 radical (unpaired) electrons. The smallest absolute Gasteiger partial charge is 0.358 e. The van der Waals surface area contributed by atoms with Gasteiger partial charge in [0.2, 0.25) is 5.88 Å². The summed E-state index contributed by atoms with van der Waals surface area (Å²) in [5, 5.41) is 3.26. The molecule has 1 aromatic rings. The number of nitrogens with zero attached hydrogens (tertiary/aromatic N) is 2. The third-order valence-electron chi connectivity index (χ3n) is 3.35. The van der Waals surface area contributed by atoms with Gasteiger partial charge in [-0.15, -0.1) is 0 Å². The highest BCUT2D eigenvalue weighted by Crippen LogP contribution is 2.22. The van der Waals surface area contributed by atoms with Gasteiger partial charge in [0.25, 0.3) is 0 Å². The molecule has 0 aromatic carbocycles. The van der Waals surface area contributed by atoms with Crippen molar-refractivity contribution in [1.29, 1.82) is 0 Å². The lowest BCUT2D eigenvalue weighted by Gasteiger charge is -2.31. The van der Waals surface area contributed by atoms with Crippen LogP contribution in [0.15, 0.2) is 12.4 Å². The molecule has 0 amide bonds. The van der Waals surface area contributed by atoms with Crippen LogP contribution >= 0.6 is 0 Å². The molecule has 6 nitrogen and oxygen atoms in total. The Balaban J connectivity index is 2.07. The van der Waals surface area contributed by atoms with E-state index in [1.165, 1.54) is 25.9 Å². The Hall–Kier alpha value is -1.69. The number of ether oxygens (including phenoxy) is 2. The summed E-state index contributed by atoms with van der Waals surface area (Å²) in [7, 11) is 3.25. The second-order valence-electron chi connectivity index (χ2n) is 4.57. The fraction of sp³-hybridized carbons (Fsp3) is 0.615. The van der Waals surface area contributed by atoms with Gasteiger partial charge in [-0.1, -0.05) is 6.42 Å². The van der Waals surface area contributed by atoms with Gasteiger partial charge in [-0.05, 0) is 26.3 Å². The molecule has 0 bridgehead atoms. The number of carbonyl (C=O) groups excluding carboxylic acids is 1. The van der Waals surface area contributed by atoms with Crippen LogP contribution in [0.25, 0.3) is 0 Å². The third kappa shape index (κ3) is 3.41. The molecule has 19 heavy (non-hydrogen) atoms. The van der Waals surface area contributed by atoms with Gasteiger partial charge in [-0.3, -0.25) is 4.98 Å². The molecule has 0 aliphatic heterocycles. The fourth-order valence-electron chi connectivity index (χ4n) is 2.33. The molecule has 6 heteroatoms. The number of rotatable bonds is 4. The minimum Gasteiger partial charge on any atom is -0.472 e. The monoisotopic (exact) mass is 265 g/mol. The van der Waals surface area contributed by atoms with Crippen molar-refractivity contribution < 1.29 is 14.3 Å². The molecule has 1 aliphatic carbocycles. The molecular formula is C13H19N3O3. The molecule has 1 N–H and O–H groups in total. The zero-order valence-corrected chi connectivity index (χ0v) is 11.3. The zero-order valence-electron chi connectivity index (χ0n) is 11.3. The van der Waals surface area contributed by atoms with Crippen molar-refractivity contribution in [2.75, 3.05) is 14.2 Å². The van der Waals surface area contributed by atoms with Gasteiger partial charge in [0, 0.05) is 6.04 Å². The number of hydrogen-bond acceptors (Lipinski definition) is 6. The third-order valence-corrected chi connectivity index (χ3v) is 3.35. The van der Waals surface area contributed by atoms with Crippen molar-refractivity contribution in [3.05, 3.63) is 18.1 Å². The SMILES string of the molecule is CNC1CCCCC1Oc1cncc(C(=O)OC)n1. The normalized spacial score (nSPS) is 22.8. The maximum atomic E-state index is 11.4. The Morgan fingerprint density at radius 3 is 2.89 bits per heavy atom. The molecule has 1 heterocycles. The first-order chi connectivity index (χ1) is 9.24. The van der Waals surface area contributed by atoms with E-state index in [9.17, 15) is 4.79 Å². The van der Waals surface area contributed by atoms with E-state index < -0.39 is 5.97 Å². The van der Waals surface area contributed by atoms with E-state index in [-0.39, 0.29) is 11.8 Å². The summed E-state index contributed by atoms with van der Waals surface area (Å²) in [6, 6.07) is 0.317. The van der Waals surface area contributed by atoms with Crippen LogP contribution in [0, 0.1) is 0 Å². The minimum atomic E-state index is -0.508. The highest BCUT2D eigenvalue weighted by Gasteiger charge is 2.26. The molecule has 2 rings (SSSR count). The predicted octanol–water partition coefficient (Wildman–Crippen LogP) is 1.17. The van der Waals surface area contributed by atoms with Crippen LogP contribution in [-0.4, -0.2) is 42.2 Å². The lowest BCUT2D eigenvalue weighted by Crippen LogP contribution is -2.43. The fourth-order valence-corrected chi connectivity index (χ4v) is 2.33. The second kappa shape index (κ2) is 6.47. The topological polar surface area (TPSA) is 73.3 Å². The molecule has 1 saturated carbocycles. The van der Waals surface area contributed by atoms with Gasteiger partial charge in [-0.25, -0.2) is 9.78 Å². The molecule has 0 saturated heterocycles. The summed E-state index contributed by atoms with van der Waals surface area (Å²) in [5.41, 5.74) is 0.164. The lowest BCUT2D eigenvalue weighted by molar-refractivity contribution is 0.0589. The number of esters is 1. The first-order valence-electron chi connectivity index (χ1n) is 6.49. The van der Waals surface area contributed by atoms with Crippen LogP contribution in [0.3, 0.4) is 0 Å². The van der Waals surface area contributed by atoms with Crippen molar-refractivity contribution in [1.82, 2.24) is 15.3 Å². The molecule has 2 atom stereocenters. The summed E-state index contributed by atoms with van der Waals surface area (Å²) in [6.07, 6.45) is 7.39. The number of carbonyl (C=O) groups is 1. The number of hydrogen-bond donors (Lipinski definition) is 1. The largest absolute Gasteiger partial charge is 0.472 e. The van der Waals surface area contributed by atoms with Crippen molar-refractivity contribution in [2.45, 2.75) is 37.8 Å². The number of likely N-dealkylation sites (N-methyl/N-ethyl adjacent to an activating group) is 1. The predicted molar refractivity (Wildman–Crippen MR) is 69.1 cm³/mol. The summed E-state index contributed by atoms with van der Waals surface area (Å²) in [5.74, 6) is -0.137. The molecule has 2 unspecified atom stereocenters. The number of aromatic nitrogens is 2. The maximum absolute atomic E-state index is 11.4. The van der Waals surface area contributed by atoms with Crippen molar-refractivity contribution >= 4 is 5.97 Å². The Bertz CT molecular complexity index is 439. The summed E-state index contributed by atoms with van der Waals surface area (Å²) in [4.78, 5) is 19.5. The first-order valence-corrected chi connectivity index (χ1v) is 6.49. The second-order valence-corrected chi connectivity index (χ2v) is 4.57. The van der Waals surface area contributed by atoms with E-state index in [1.54, 1.807) is 0 Å². The van der Waals surface area contributed by atoms with E-state index in [0.717, 1.165) is 19.3 Å². The molecule has 1 aliphatic rings. The van der Waals surface area contributed by atoms with Gasteiger partial charge >= 0.3 is 5.97 Å². The van der Waals surface area contributed by atoms with Crippen molar-refractivity contribution in [2.24, 2.45) is 0 Å². The Labute approximate surface area is 112 Å². The van der Waals surface area contributed by atoms with Crippen LogP contribution in [0.1, 0.15) is 36.2 Å². The van der Waals surface area contributed by atoms with Gasteiger partial charge in [0.1, 0.15) is 6.10 Å². The van der Waals surface area contributed by atoms with Crippen LogP contribution in [-0.2, 0) is 4.74 Å². The summed E-state index contributed by atoms with van der Waals surface area (Å²) < 4.78 is 10.5. The quantitative estimate of drug-likeness (QED) is 0.824. The van der Waals surface area contributed by atoms with E-state index in [1.807, 2.05) is 7.05 Å². The zero-order chi connectivity index (χ0) is 13.7. The average Bonchev–Trinajstić information content (AvgIpc) is 2.47. The number of nitrogens with one attached hydrogen (secondary N) is 1. The Morgan fingerprint density at radius 1 is 1.37 bits per heavy atom. The Kier molecular flexibility index (Phi) is 4.68. The molecule has 1 fully saturated rings. The Morgan fingerprint density at radius 2 is 2.16 bits per heavy atom. The van der Waals surface area contributed by atoms with Crippen molar-refractivity contribution in [3.8, 4) is 5.88 Å². The molecule has 0 spiro atoms. The molecule has 1 aromatic heterocycles. The average molecular weight is 265 g/mol. The lowest BCUT2D eigenvalue weighted by atomic mass is 9.92. The summed E-state index contributed by atoms with van der Waals surface area (Å²) >= 11 is 0. The van der Waals surface area contributed by atoms with E-state index in [4.69, 9.17) is 4.74 Å². The highest BCUT2D eigenvalue weighted by molar-refractivity contribution is 5.86.